The molecule has 1 amide bonds. The van der Waals surface area contributed by atoms with Gasteiger partial charge in [0.25, 0.3) is 5.91 Å². The second kappa shape index (κ2) is 6.89. The van der Waals surface area contributed by atoms with Gasteiger partial charge in [-0.25, -0.2) is 4.68 Å². The fourth-order valence-electron chi connectivity index (χ4n) is 2.50. The van der Waals surface area contributed by atoms with E-state index in [1.807, 2.05) is 54.6 Å². The van der Waals surface area contributed by atoms with Crippen molar-refractivity contribution in [2.45, 2.75) is 32.7 Å². The second-order valence-corrected chi connectivity index (χ2v) is 7.07. The number of nitrogens with zero attached hydrogens (tertiary/aromatic N) is 3. The minimum absolute atomic E-state index is 0.0860. The van der Waals surface area contributed by atoms with E-state index < -0.39 is 0 Å². The monoisotopic (exact) mass is 334 g/mol. The standard InChI is InChI=1S/C20H22N4O/c1-20(2,3)16-9-11-17(12-10-16)21-19(25)18-14-24(23-22-18)13-15-7-5-4-6-8-15/h4-12,14H,13H2,1-3H3,(H,21,25). The van der Waals surface area contributed by atoms with Crippen molar-refractivity contribution in [1.29, 1.82) is 0 Å². The molecule has 5 heteroatoms. The predicted molar refractivity (Wildman–Crippen MR) is 98.7 cm³/mol. The number of amides is 1. The Kier molecular flexibility index (Phi) is 4.65. The molecule has 2 aromatic carbocycles. The number of carbonyl (C=O) groups is 1. The number of anilines is 1. The summed E-state index contributed by atoms with van der Waals surface area (Å²) in [4.78, 5) is 12.3. The minimum atomic E-state index is -0.261. The molecule has 3 rings (SSSR count). The zero-order valence-corrected chi connectivity index (χ0v) is 14.7. The molecule has 0 atom stereocenters. The van der Waals surface area contributed by atoms with E-state index in [0.29, 0.717) is 12.2 Å². The molecular formula is C20H22N4O. The highest BCUT2D eigenvalue weighted by atomic mass is 16.2. The number of hydrogen-bond acceptors (Lipinski definition) is 3. The van der Waals surface area contributed by atoms with Crippen LogP contribution < -0.4 is 5.32 Å². The van der Waals surface area contributed by atoms with Crippen molar-refractivity contribution < 1.29 is 4.79 Å². The molecular weight excluding hydrogens is 312 g/mol. The lowest BCUT2D eigenvalue weighted by molar-refractivity contribution is 0.102. The highest BCUT2D eigenvalue weighted by molar-refractivity contribution is 6.02. The summed E-state index contributed by atoms with van der Waals surface area (Å²) in [6.45, 7) is 7.06. The average molecular weight is 334 g/mol. The van der Waals surface area contributed by atoms with E-state index in [0.717, 1.165) is 11.3 Å². The third-order valence-electron chi connectivity index (χ3n) is 3.97. The summed E-state index contributed by atoms with van der Waals surface area (Å²) >= 11 is 0. The lowest BCUT2D eigenvalue weighted by atomic mass is 9.87. The summed E-state index contributed by atoms with van der Waals surface area (Å²) in [5.74, 6) is -0.261. The largest absolute Gasteiger partial charge is 0.321 e. The van der Waals surface area contributed by atoms with E-state index in [-0.39, 0.29) is 11.3 Å². The molecule has 0 bridgehead atoms. The van der Waals surface area contributed by atoms with Crippen molar-refractivity contribution in [2.24, 2.45) is 0 Å². The van der Waals surface area contributed by atoms with Gasteiger partial charge >= 0.3 is 0 Å². The second-order valence-electron chi connectivity index (χ2n) is 7.07. The maximum absolute atomic E-state index is 12.3. The zero-order valence-electron chi connectivity index (χ0n) is 14.7. The molecule has 3 aromatic rings. The van der Waals surface area contributed by atoms with Crippen LogP contribution in [0.5, 0.6) is 0 Å². The van der Waals surface area contributed by atoms with Gasteiger partial charge in [0, 0.05) is 5.69 Å². The summed E-state index contributed by atoms with van der Waals surface area (Å²) in [5, 5.41) is 10.9. The third-order valence-corrected chi connectivity index (χ3v) is 3.97. The van der Waals surface area contributed by atoms with Gasteiger partial charge in [-0.2, -0.15) is 0 Å². The smallest absolute Gasteiger partial charge is 0.277 e. The van der Waals surface area contributed by atoms with Crippen molar-refractivity contribution in [3.63, 3.8) is 0 Å². The van der Waals surface area contributed by atoms with Crippen molar-refractivity contribution in [1.82, 2.24) is 15.0 Å². The quantitative estimate of drug-likeness (QED) is 0.788. The molecule has 0 fully saturated rings. The predicted octanol–water partition coefficient (Wildman–Crippen LogP) is 3.88. The van der Waals surface area contributed by atoms with Crippen LogP contribution in [-0.2, 0) is 12.0 Å². The van der Waals surface area contributed by atoms with Crippen LogP contribution in [0.2, 0.25) is 0 Å². The maximum Gasteiger partial charge on any atom is 0.277 e. The molecule has 5 nitrogen and oxygen atoms in total. The molecule has 1 aromatic heterocycles. The maximum atomic E-state index is 12.3. The molecule has 0 aliphatic carbocycles. The zero-order chi connectivity index (χ0) is 17.9. The van der Waals surface area contributed by atoms with Crippen LogP contribution in [0.4, 0.5) is 5.69 Å². The summed E-state index contributed by atoms with van der Waals surface area (Å²) in [5.41, 5.74) is 3.46. The van der Waals surface area contributed by atoms with Crippen LogP contribution in [0, 0.1) is 0 Å². The van der Waals surface area contributed by atoms with E-state index in [2.05, 4.69) is 36.4 Å². The number of carbonyl (C=O) groups excluding carboxylic acids is 1. The lowest BCUT2D eigenvalue weighted by Crippen LogP contribution is -2.14. The van der Waals surface area contributed by atoms with E-state index in [4.69, 9.17) is 0 Å². The van der Waals surface area contributed by atoms with Crippen LogP contribution in [0.15, 0.2) is 60.8 Å². The average Bonchev–Trinajstić information content (AvgIpc) is 3.04. The number of hydrogen-bond donors (Lipinski definition) is 1. The molecule has 0 spiro atoms. The number of benzene rings is 2. The van der Waals surface area contributed by atoms with E-state index in [1.54, 1.807) is 10.9 Å². The Labute approximate surface area is 147 Å². The van der Waals surface area contributed by atoms with E-state index >= 15 is 0 Å². The van der Waals surface area contributed by atoms with E-state index in [9.17, 15) is 4.79 Å². The number of aromatic nitrogens is 3. The van der Waals surface area contributed by atoms with Crippen LogP contribution in [-0.4, -0.2) is 20.9 Å². The van der Waals surface area contributed by atoms with Crippen molar-refractivity contribution >= 4 is 11.6 Å². The number of rotatable bonds is 4. The Hall–Kier alpha value is -2.95. The number of nitrogens with one attached hydrogen (secondary N) is 1. The molecule has 0 unspecified atom stereocenters. The Morgan fingerprint density at radius 2 is 1.72 bits per heavy atom. The van der Waals surface area contributed by atoms with Gasteiger partial charge < -0.3 is 5.32 Å². The Morgan fingerprint density at radius 1 is 1.04 bits per heavy atom. The molecule has 0 aliphatic heterocycles. The Balaban J connectivity index is 1.66. The fraction of sp³-hybridized carbons (Fsp3) is 0.250. The molecule has 25 heavy (non-hydrogen) atoms. The normalized spacial score (nSPS) is 11.3. The molecule has 1 heterocycles. The van der Waals surface area contributed by atoms with Gasteiger partial charge in [-0.1, -0.05) is 68.4 Å². The molecule has 128 valence electrons. The Morgan fingerprint density at radius 3 is 2.36 bits per heavy atom. The fourth-order valence-corrected chi connectivity index (χ4v) is 2.50. The van der Waals surface area contributed by atoms with Crippen LogP contribution in [0.1, 0.15) is 42.4 Å². The molecule has 0 saturated carbocycles. The molecule has 0 saturated heterocycles. The first-order chi connectivity index (χ1) is 11.9. The highest BCUT2D eigenvalue weighted by Crippen LogP contribution is 2.23. The van der Waals surface area contributed by atoms with Crippen LogP contribution >= 0.6 is 0 Å². The lowest BCUT2D eigenvalue weighted by Gasteiger charge is -2.19. The molecule has 1 N–H and O–H groups in total. The Bertz CT molecular complexity index is 845. The van der Waals surface area contributed by atoms with Crippen molar-refractivity contribution in [3.05, 3.63) is 77.6 Å². The first-order valence-corrected chi connectivity index (χ1v) is 8.28. The third kappa shape index (κ3) is 4.32. The van der Waals surface area contributed by atoms with Gasteiger partial charge in [0.05, 0.1) is 12.7 Å². The van der Waals surface area contributed by atoms with Gasteiger partial charge in [0.2, 0.25) is 0 Å². The minimum Gasteiger partial charge on any atom is -0.321 e. The first-order valence-electron chi connectivity index (χ1n) is 8.28. The van der Waals surface area contributed by atoms with Gasteiger partial charge in [0.15, 0.2) is 5.69 Å². The summed E-state index contributed by atoms with van der Waals surface area (Å²) in [6, 6.07) is 17.8. The topological polar surface area (TPSA) is 59.8 Å². The molecule has 0 radical (unpaired) electrons. The van der Waals surface area contributed by atoms with Gasteiger partial charge in [0.1, 0.15) is 0 Å². The summed E-state index contributed by atoms with van der Waals surface area (Å²) in [7, 11) is 0. The molecule has 0 aliphatic rings. The summed E-state index contributed by atoms with van der Waals surface area (Å²) < 4.78 is 1.66. The van der Waals surface area contributed by atoms with E-state index in [1.165, 1.54) is 5.56 Å². The summed E-state index contributed by atoms with van der Waals surface area (Å²) in [6.07, 6.45) is 1.66. The first kappa shape index (κ1) is 16.9. The van der Waals surface area contributed by atoms with Crippen LogP contribution in [0.25, 0.3) is 0 Å². The highest BCUT2D eigenvalue weighted by Gasteiger charge is 2.14. The van der Waals surface area contributed by atoms with Gasteiger partial charge in [-0.15, -0.1) is 5.10 Å². The van der Waals surface area contributed by atoms with Crippen LogP contribution in [0.3, 0.4) is 0 Å². The van der Waals surface area contributed by atoms with Crippen molar-refractivity contribution in [2.75, 3.05) is 5.32 Å². The SMILES string of the molecule is CC(C)(C)c1ccc(NC(=O)c2cn(Cc3ccccc3)nn2)cc1. The van der Waals surface area contributed by atoms with Crippen molar-refractivity contribution in [3.8, 4) is 0 Å². The van der Waals surface area contributed by atoms with Gasteiger partial charge in [-0.05, 0) is 28.7 Å². The van der Waals surface area contributed by atoms with Gasteiger partial charge in [-0.3, -0.25) is 4.79 Å².